The Labute approximate surface area is 158 Å². The Hall–Kier alpha value is -3.28. The molecule has 0 aliphatic carbocycles. The number of ether oxygens (including phenoxy) is 2. The molecular weight excluding hydrogens is 344 g/mol. The average molecular weight is 366 g/mol. The lowest BCUT2D eigenvalue weighted by Crippen LogP contribution is -2.11. The Morgan fingerprint density at radius 3 is 2.52 bits per heavy atom. The molecule has 0 fully saturated rings. The third kappa shape index (κ3) is 4.28. The van der Waals surface area contributed by atoms with E-state index in [0.717, 1.165) is 12.0 Å². The highest BCUT2D eigenvalue weighted by Crippen LogP contribution is 2.29. The zero-order valence-corrected chi connectivity index (χ0v) is 15.6. The lowest BCUT2D eigenvalue weighted by molar-refractivity contribution is 0.102. The van der Waals surface area contributed by atoms with Crippen LogP contribution in [-0.4, -0.2) is 24.8 Å². The number of carbonyl (C=O) groups excluding carboxylic acids is 1. The van der Waals surface area contributed by atoms with Gasteiger partial charge in [-0.2, -0.15) is 0 Å². The van der Waals surface area contributed by atoms with Gasteiger partial charge in [0.25, 0.3) is 5.91 Å². The summed E-state index contributed by atoms with van der Waals surface area (Å²) in [6, 6.07) is 14.8. The van der Waals surface area contributed by atoms with Crippen LogP contribution in [0, 0.1) is 0 Å². The zero-order valence-electron chi connectivity index (χ0n) is 15.6. The van der Waals surface area contributed by atoms with Gasteiger partial charge in [-0.05, 0) is 37.1 Å². The van der Waals surface area contributed by atoms with Crippen molar-refractivity contribution in [1.82, 2.24) is 5.16 Å². The van der Waals surface area contributed by atoms with E-state index in [1.165, 1.54) is 5.56 Å². The van der Waals surface area contributed by atoms with E-state index in [0.29, 0.717) is 29.4 Å². The maximum atomic E-state index is 12.5. The first kappa shape index (κ1) is 18.5. The van der Waals surface area contributed by atoms with Crippen LogP contribution in [0.25, 0.3) is 11.3 Å². The smallest absolute Gasteiger partial charge is 0.258 e. The van der Waals surface area contributed by atoms with Gasteiger partial charge in [0.2, 0.25) is 5.88 Å². The monoisotopic (exact) mass is 366 g/mol. The first-order chi connectivity index (χ1) is 13.1. The van der Waals surface area contributed by atoms with Gasteiger partial charge in [0.1, 0.15) is 5.69 Å². The number of nitrogens with one attached hydrogen (secondary N) is 1. The third-order valence-corrected chi connectivity index (χ3v) is 4.13. The molecule has 1 amide bonds. The first-order valence-electron chi connectivity index (χ1n) is 8.82. The van der Waals surface area contributed by atoms with E-state index in [4.69, 9.17) is 14.0 Å². The largest absolute Gasteiger partial charge is 0.493 e. The van der Waals surface area contributed by atoms with Crippen LogP contribution in [0.4, 0.5) is 5.88 Å². The minimum atomic E-state index is -0.317. The summed E-state index contributed by atoms with van der Waals surface area (Å²) in [6.07, 6.45) is 0.978. The van der Waals surface area contributed by atoms with Crippen molar-refractivity contribution in [2.45, 2.75) is 20.3 Å². The van der Waals surface area contributed by atoms with Crippen LogP contribution in [0.3, 0.4) is 0 Å². The topological polar surface area (TPSA) is 73.6 Å². The number of hydrogen-bond donors (Lipinski definition) is 1. The molecule has 0 radical (unpaired) electrons. The molecule has 6 heteroatoms. The van der Waals surface area contributed by atoms with Crippen molar-refractivity contribution in [2.24, 2.45) is 0 Å². The number of rotatable bonds is 7. The normalized spacial score (nSPS) is 10.5. The maximum Gasteiger partial charge on any atom is 0.258 e. The molecule has 6 nitrogen and oxygen atoms in total. The highest BCUT2D eigenvalue weighted by molar-refractivity contribution is 6.04. The molecule has 0 saturated carbocycles. The summed E-state index contributed by atoms with van der Waals surface area (Å²) >= 11 is 0. The molecule has 0 bridgehead atoms. The minimum Gasteiger partial charge on any atom is -0.493 e. The molecule has 1 heterocycles. The van der Waals surface area contributed by atoms with Crippen LogP contribution in [0.2, 0.25) is 0 Å². The van der Waals surface area contributed by atoms with Crippen LogP contribution in [-0.2, 0) is 6.42 Å². The van der Waals surface area contributed by atoms with Gasteiger partial charge in [-0.3, -0.25) is 10.1 Å². The molecule has 0 spiro atoms. The van der Waals surface area contributed by atoms with Crippen molar-refractivity contribution in [3.05, 3.63) is 59.7 Å². The fourth-order valence-electron chi connectivity index (χ4n) is 2.65. The third-order valence-electron chi connectivity index (χ3n) is 4.13. The van der Waals surface area contributed by atoms with E-state index >= 15 is 0 Å². The van der Waals surface area contributed by atoms with Gasteiger partial charge in [0.15, 0.2) is 11.5 Å². The summed E-state index contributed by atoms with van der Waals surface area (Å²) in [5.41, 5.74) is 3.28. The van der Waals surface area contributed by atoms with Gasteiger partial charge in [0, 0.05) is 17.2 Å². The summed E-state index contributed by atoms with van der Waals surface area (Å²) in [6.45, 7) is 4.45. The van der Waals surface area contributed by atoms with Gasteiger partial charge < -0.3 is 14.0 Å². The van der Waals surface area contributed by atoms with E-state index in [-0.39, 0.29) is 11.8 Å². The Balaban J connectivity index is 1.74. The second kappa shape index (κ2) is 8.40. The highest BCUT2D eigenvalue weighted by Gasteiger charge is 2.14. The summed E-state index contributed by atoms with van der Waals surface area (Å²) in [5.74, 6) is 1.05. The molecule has 3 aromatic rings. The molecule has 140 valence electrons. The molecule has 0 unspecified atom stereocenters. The Morgan fingerprint density at radius 1 is 1.07 bits per heavy atom. The Kier molecular flexibility index (Phi) is 5.76. The van der Waals surface area contributed by atoms with Gasteiger partial charge in [0.05, 0.1) is 13.7 Å². The second-order valence-corrected chi connectivity index (χ2v) is 5.88. The SMILES string of the molecule is CCOc1cc(C(=O)Nc2cc(-c3ccc(CC)cc3)no2)ccc1OC. The van der Waals surface area contributed by atoms with E-state index in [9.17, 15) is 4.79 Å². The molecule has 0 atom stereocenters. The molecule has 0 aliphatic heterocycles. The minimum absolute atomic E-state index is 0.281. The van der Waals surface area contributed by atoms with Crippen LogP contribution in [0.1, 0.15) is 29.8 Å². The Bertz CT molecular complexity index is 916. The van der Waals surface area contributed by atoms with Crippen molar-refractivity contribution in [2.75, 3.05) is 19.0 Å². The number of hydrogen-bond acceptors (Lipinski definition) is 5. The predicted molar refractivity (Wildman–Crippen MR) is 103 cm³/mol. The number of anilines is 1. The standard InChI is InChI=1S/C21H22N2O4/c1-4-14-6-8-15(9-7-14)17-13-20(27-23-17)22-21(24)16-10-11-18(25-3)19(12-16)26-5-2/h6-13H,4-5H2,1-3H3,(H,22,24). The maximum absolute atomic E-state index is 12.5. The van der Waals surface area contributed by atoms with Gasteiger partial charge in [-0.1, -0.05) is 36.3 Å². The van der Waals surface area contributed by atoms with Gasteiger partial charge in [-0.25, -0.2) is 0 Å². The number of methoxy groups -OCH3 is 1. The van der Waals surface area contributed by atoms with Crippen molar-refractivity contribution in [1.29, 1.82) is 0 Å². The molecule has 0 aliphatic rings. The van der Waals surface area contributed by atoms with Gasteiger partial charge in [-0.15, -0.1) is 0 Å². The van der Waals surface area contributed by atoms with Gasteiger partial charge >= 0.3 is 0 Å². The summed E-state index contributed by atoms with van der Waals surface area (Å²) in [5, 5.41) is 6.74. The Morgan fingerprint density at radius 2 is 1.85 bits per heavy atom. The zero-order chi connectivity index (χ0) is 19.2. The highest BCUT2D eigenvalue weighted by atomic mass is 16.5. The van der Waals surface area contributed by atoms with Crippen LogP contribution in [0.5, 0.6) is 11.5 Å². The number of nitrogens with zero attached hydrogens (tertiary/aromatic N) is 1. The van der Waals surface area contributed by atoms with Crippen molar-refractivity contribution in [3.8, 4) is 22.8 Å². The molecule has 1 aromatic heterocycles. The summed E-state index contributed by atoms with van der Waals surface area (Å²) in [7, 11) is 1.56. The predicted octanol–water partition coefficient (Wildman–Crippen LogP) is 4.56. The number of benzene rings is 2. The first-order valence-corrected chi connectivity index (χ1v) is 8.82. The molecule has 27 heavy (non-hydrogen) atoms. The van der Waals surface area contributed by atoms with E-state index in [2.05, 4.69) is 29.5 Å². The molecule has 0 saturated heterocycles. The van der Waals surface area contributed by atoms with Crippen LogP contribution >= 0.6 is 0 Å². The fraction of sp³-hybridized carbons (Fsp3) is 0.238. The fourth-order valence-corrected chi connectivity index (χ4v) is 2.65. The van der Waals surface area contributed by atoms with E-state index < -0.39 is 0 Å². The van der Waals surface area contributed by atoms with Crippen LogP contribution < -0.4 is 14.8 Å². The van der Waals surface area contributed by atoms with Crippen molar-refractivity contribution < 1.29 is 18.8 Å². The number of aryl methyl sites for hydroxylation is 1. The number of aromatic nitrogens is 1. The van der Waals surface area contributed by atoms with E-state index in [1.807, 2.05) is 19.1 Å². The molecule has 1 N–H and O–H groups in total. The quantitative estimate of drug-likeness (QED) is 0.663. The number of carbonyl (C=O) groups is 1. The van der Waals surface area contributed by atoms with Crippen molar-refractivity contribution in [3.63, 3.8) is 0 Å². The number of amides is 1. The van der Waals surface area contributed by atoms with Crippen molar-refractivity contribution >= 4 is 11.8 Å². The molecule has 3 rings (SSSR count). The molecule has 2 aromatic carbocycles. The molecular formula is C21H22N2O4. The lowest BCUT2D eigenvalue weighted by atomic mass is 10.1. The summed E-state index contributed by atoms with van der Waals surface area (Å²) < 4.78 is 16.0. The average Bonchev–Trinajstić information content (AvgIpc) is 3.16. The summed E-state index contributed by atoms with van der Waals surface area (Å²) in [4.78, 5) is 12.5. The van der Waals surface area contributed by atoms with Crippen LogP contribution in [0.15, 0.2) is 53.1 Å². The van der Waals surface area contributed by atoms with E-state index in [1.54, 1.807) is 31.4 Å². The second-order valence-electron chi connectivity index (χ2n) is 5.88. The lowest BCUT2D eigenvalue weighted by Gasteiger charge is -2.10.